The second-order valence-electron chi connectivity index (χ2n) is 7.70. The van der Waals surface area contributed by atoms with E-state index in [1.807, 2.05) is 43.3 Å². The molecule has 0 bridgehead atoms. The van der Waals surface area contributed by atoms with E-state index in [1.165, 1.54) is 16.3 Å². The van der Waals surface area contributed by atoms with Gasteiger partial charge in [0, 0.05) is 13.1 Å². The normalized spacial score (nSPS) is 12.6. The van der Waals surface area contributed by atoms with Crippen molar-refractivity contribution < 1.29 is 4.79 Å². The minimum absolute atomic E-state index is 0.0332. The number of benzene rings is 2. The standard InChI is InChI=1S/C22H27N3O2S/c1-14(2)9-10-15(3)23-20(26)13-28-22-24-19-12-17-8-6-5-7-16(17)11-18(19)21(27)25(22)4/h5-8,11-12,14-15H,9-10,13H2,1-4H3,(H,23,26)/t15-/m0/s1. The van der Waals surface area contributed by atoms with Crippen molar-refractivity contribution in [2.24, 2.45) is 13.0 Å². The van der Waals surface area contributed by atoms with Crippen molar-refractivity contribution in [1.82, 2.24) is 14.9 Å². The van der Waals surface area contributed by atoms with Crippen LogP contribution in [-0.2, 0) is 11.8 Å². The van der Waals surface area contributed by atoms with Crippen molar-refractivity contribution in [2.75, 3.05) is 5.75 Å². The molecular formula is C22H27N3O2S. The van der Waals surface area contributed by atoms with E-state index in [-0.39, 0.29) is 23.3 Å². The number of thioether (sulfide) groups is 1. The molecule has 1 amide bonds. The highest BCUT2D eigenvalue weighted by Gasteiger charge is 2.13. The molecule has 1 heterocycles. The second kappa shape index (κ2) is 8.78. The lowest BCUT2D eigenvalue weighted by molar-refractivity contribution is -0.119. The summed E-state index contributed by atoms with van der Waals surface area (Å²) in [6.45, 7) is 6.39. The number of nitrogens with one attached hydrogen (secondary N) is 1. The van der Waals surface area contributed by atoms with Crippen molar-refractivity contribution >= 4 is 39.3 Å². The van der Waals surface area contributed by atoms with E-state index in [0.29, 0.717) is 22.0 Å². The fraction of sp³-hybridized carbons (Fsp3) is 0.409. The minimum atomic E-state index is -0.0936. The first-order chi connectivity index (χ1) is 13.3. The van der Waals surface area contributed by atoms with E-state index < -0.39 is 0 Å². The molecule has 0 saturated heterocycles. The molecule has 0 aliphatic rings. The third-order valence-corrected chi connectivity index (χ3v) is 5.85. The summed E-state index contributed by atoms with van der Waals surface area (Å²) in [6, 6.07) is 11.9. The van der Waals surface area contributed by atoms with Gasteiger partial charge < -0.3 is 5.32 Å². The van der Waals surface area contributed by atoms with Crippen molar-refractivity contribution in [3.05, 3.63) is 46.8 Å². The summed E-state index contributed by atoms with van der Waals surface area (Å²) < 4.78 is 1.53. The maximum absolute atomic E-state index is 12.8. The predicted molar refractivity (Wildman–Crippen MR) is 117 cm³/mol. The van der Waals surface area contributed by atoms with Crippen LogP contribution in [0.15, 0.2) is 46.3 Å². The van der Waals surface area contributed by atoms with Gasteiger partial charge in [-0.1, -0.05) is 49.9 Å². The first-order valence-electron chi connectivity index (χ1n) is 9.67. The lowest BCUT2D eigenvalue weighted by Gasteiger charge is -2.15. The molecule has 1 atom stereocenters. The summed E-state index contributed by atoms with van der Waals surface area (Å²) in [5.74, 6) is 0.834. The second-order valence-corrected chi connectivity index (χ2v) is 8.65. The van der Waals surface area contributed by atoms with Gasteiger partial charge in [0.2, 0.25) is 5.91 Å². The summed E-state index contributed by atoms with van der Waals surface area (Å²) in [5, 5.41) is 6.24. The molecule has 148 valence electrons. The van der Waals surface area contributed by atoms with Crippen molar-refractivity contribution in [2.45, 2.75) is 44.8 Å². The number of fused-ring (bicyclic) bond motifs is 2. The molecular weight excluding hydrogens is 370 g/mol. The first-order valence-corrected chi connectivity index (χ1v) is 10.7. The smallest absolute Gasteiger partial charge is 0.261 e. The summed E-state index contributed by atoms with van der Waals surface area (Å²) in [5.41, 5.74) is 0.568. The highest BCUT2D eigenvalue weighted by Crippen LogP contribution is 2.22. The lowest BCUT2D eigenvalue weighted by Crippen LogP contribution is -2.34. The predicted octanol–water partition coefficient (Wildman–Crippen LogP) is 4.12. The van der Waals surface area contributed by atoms with Gasteiger partial charge in [-0.3, -0.25) is 14.2 Å². The van der Waals surface area contributed by atoms with Crippen LogP contribution in [0.5, 0.6) is 0 Å². The number of carbonyl (C=O) groups excluding carboxylic acids is 1. The zero-order valence-electron chi connectivity index (χ0n) is 16.9. The maximum atomic E-state index is 12.8. The van der Waals surface area contributed by atoms with Gasteiger partial charge in [0.25, 0.3) is 5.56 Å². The number of rotatable bonds is 7. The molecule has 0 unspecified atom stereocenters. The summed E-state index contributed by atoms with van der Waals surface area (Å²) in [7, 11) is 1.70. The molecule has 28 heavy (non-hydrogen) atoms. The Hall–Kier alpha value is -2.34. The first kappa shape index (κ1) is 20.4. The Morgan fingerprint density at radius 3 is 2.50 bits per heavy atom. The Kier molecular flexibility index (Phi) is 6.39. The average molecular weight is 398 g/mol. The Bertz CT molecular complexity index is 1060. The fourth-order valence-corrected chi connectivity index (χ4v) is 3.95. The van der Waals surface area contributed by atoms with Gasteiger partial charge in [-0.25, -0.2) is 4.98 Å². The number of hydrogen-bond donors (Lipinski definition) is 1. The fourth-order valence-electron chi connectivity index (χ4n) is 3.17. The zero-order valence-corrected chi connectivity index (χ0v) is 17.7. The molecule has 0 aliphatic heterocycles. The molecule has 1 aromatic heterocycles. The lowest BCUT2D eigenvalue weighted by atomic mass is 10.0. The SMILES string of the molecule is CC(C)CC[C@H](C)NC(=O)CSc1nc2cc3ccccc3cc2c(=O)n1C. The topological polar surface area (TPSA) is 64.0 Å². The van der Waals surface area contributed by atoms with E-state index in [9.17, 15) is 9.59 Å². The van der Waals surface area contributed by atoms with Crippen LogP contribution >= 0.6 is 11.8 Å². The molecule has 2 aromatic carbocycles. The van der Waals surface area contributed by atoms with E-state index in [0.717, 1.165) is 23.6 Å². The van der Waals surface area contributed by atoms with E-state index in [1.54, 1.807) is 7.05 Å². The van der Waals surface area contributed by atoms with Crippen molar-refractivity contribution in [1.29, 1.82) is 0 Å². The molecule has 3 rings (SSSR count). The quantitative estimate of drug-likeness (QED) is 0.370. The molecule has 6 heteroatoms. The third kappa shape index (κ3) is 4.73. The van der Waals surface area contributed by atoms with Gasteiger partial charge >= 0.3 is 0 Å². The molecule has 0 spiro atoms. The van der Waals surface area contributed by atoms with Gasteiger partial charge in [-0.2, -0.15) is 0 Å². The monoisotopic (exact) mass is 397 g/mol. The van der Waals surface area contributed by atoms with Crippen molar-refractivity contribution in [3.63, 3.8) is 0 Å². The third-order valence-electron chi connectivity index (χ3n) is 4.82. The summed E-state index contributed by atoms with van der Waals surface area (Å²) >= 11 is 1.30. The molecule has 3 aromatic rings. The number of aromatic nitrogens is 2. The highest BCUT2D eigenvalue weighted by atomic mass is 32.2. The number of amides is 1. The molecule has 0 saturated carbocycles. The van der Waals surface area contributed by atoms with Crippen LogP contribution < -0.4 is 10.9 Å². The molecule has 1 N–H and O–H groups in total. The number of carbonyl (C=O) groups is 1. The average Bonchev–Trinajstić information content (AvgIpc) is 2.67. The Labute approximate surface area is 169 Å². The van der Waals surface area contributed by atoms with Crippen LogP contribution in [0.1, 0.15) is 33.6 Å². The Balaban J connectivity index is 1.76. The van der Waals surface area contributed by atoms with Gasteiger partial charge in [0.15, 0.2) is 5.16 Å². The van der Waals surface area contributed by atoms with Gasteiger partial charge in [0.05, 0.1) is 16.7 Å². The van der Waals surface area contributed by atoms with Crippen LogP contribution in [-0.4, -0.2) is 27.3 Å². The van der Waals surface area contributed by atoms with E-state index in [2.05, 4.69) is 24.1 Å². The number of hydrogen-bond acceptors (Lipinski definition) is 4. The van der Waals surface area contributed by atoms with Crippen LogP contribution in [0.25, 0.3) is 21.7 Å². The zero-order chi connectivity index (χ0) is 20.3. The van der Waals surface area contributed by atoms with Crippen LogP contribution in [0, 0.1) is 5.92 Å². The Morgan fingerprint density at radius 1 is 1.14 bits per heavy atom. The van der Waals surface area contributed by atoms with Crippen LogP contribution in [0.4, 0.5) is 0 Å². The van der Waals surface area contributed by atoms with Crippen molar-refractivity contribution in [3.8, 4) is 0 Å². The molecule has 5 nitrogen and oxygen atoms in total. The minimum Gasteiger partial charge on any atom is -0.353 e. The molecule has 0 aliphatic carbocycles. The van der Waals surface area contributed by atoms with E-state index >= 15 is 0 Å². The van der Waals surface area contributed by atoms with Crippen LogP contribution in [0.3, 0.4) is 0 Å². The van der Waals surface area contributed by atoms with Gasteiger partial charge in [-0.05, 0) is 48.6 Å². The Morgan fingerprint density at radius 2 is 1.82 bits per heavy atom. The molecule has 0 radical (unpaired) electrons. The summed E-state index contributed by atoms with van der Waals surface area (Å²) in [4.78, 5) is 29.7. The van der Waals surface area contributed by atoms with Gasteiger partial charge in [0.1, 0.15) is 0 Å². The number of nitrogens with zero attached hydrogens (tertiary/aromatic N) is 2. The largest absolute Gasteiger partial charge is 0.353 e. The highest BCUT2D eigenvalue weighted by molar-refractivity contribution is 7.99. The van der Waals surface area contributed by atoms with E-state index in [4.69, 9.17) is 0 Å². The van der Waals surface area contributed by atoms with Crippen LogP contribution in [0.2, 0.25) is 0 Å². The summed E-state index contributed by atoms with van der Waals surface area (Å²) in [6.07, 6.45) is 2.05. The molecule has 0 fully saturated rings. The van der Waals surface area contributed by atoms with Gasteiger partial charge in [-0.15, -0.1) is 0 Å². The maximum Gasteiger partial charge on any atom is 0.261 e.